The number of hydrogen-bond donors (Lipinski definition) is 0. The Balaban J connectivity index is 2.59. The number of esters is 1. The molecule has 0 aliphatic carbocycles. The molecular weight excluding hydrogens is 154 g/mol. The van der Waals surface area contributed by atoms with Gasteiger partial charge in [0.25, 0.3) is 0 Å². The van der Waals surface area contributed by atoms with Crippen LogP contribution >= 0.6 is 0 Å². The third-order valence-electron chi connectivity index (χ3n) is 1.81. The van der Waals surface area contributed by atoms with E-state index in [2.05, 4.69) is 0 Å². The Labute approximate surface area is 69.2 Å². The fourth-order valence-corrected chi connectivity index (χ4v) is 1.24. The van der Waals surface area contributed by atoms with E-state index in [9.17, 15) is 4.79 Å². The topological polar surface area (TPSA) is 50.1 Å². The summed E-state index contributed by atoms with van der Waals surface area (Å²) in [6, 6.07) is 8.83. The van der Waals surface area contributed by atoms with Crippen LogP contribution in [0.5, 0.6) is 0 Å². The summed E-state index contributed by atoms with van der Waals surface area (Å²) in [7, 11) is 0. The second-order valence-electron chi connectivity index (χ2n) is 2.50. The van der Waals surface area contributed by atoms with Gasteiger partial charge in [-0.3, -0.25) is 0 Å². The number of hydrogen-bond acceptors (Lipinski definition) is 3. The molecule has 0 radical (unpaired) electrons. The summed E-state index contributed by atoms with van der Waals surface area (Å²) in [6.45, 7) is 0. The van der Waals surface area contributed by atoms with Crippen LogP contribution in [0.25, 0.3) is 0 Å². The molecule has 3 heteroatoms. The van der Waals surface area contributed by atoms with Crippen molar-refractivity contribution in [3.8, 4) is 6.07 Å². The molecule has 0 saturated heterocycles. The number of rotatable bonds is 0. The number of nitrogens with zero attached hydrogens (tertiary/aromatic N) is 1. The summed E-state index contributed by atoms with van der Waals surface area (Å²) in [5, 5.41) is 8.60. The van der Waals surface area contributed by atoms with Gasteiger partial charge in [0.2, 0.25) is 6.10 Å². The van der Waals surface area contributed by atoms with Gasteiger partial charge in [-0.1, -0.05) is 18.2 Å². The second-order valence-corrected chi connectivity index (χ2v) is 2.50. The molecule has 1 aliphatic heterocycles. The maximum Gasteiger partial charge on any atom is 0.340 e. The van der Waals surface area contributed by atoms with Crippen molar-refractivity contribution in [2.45, 2.75) is 6.10 Å². The molecule has 1 aliphatic rings. The maximum absolute atomic E-state index is 11.1. The molecule has 0 spiro atoms. The molecule has 0 fully saturated rings. The number of nitriles is 1. The zero-order valence-corrected chi connectivity index (χ0v) is 6.15. The molecule has 0 aromatic heterocycles. The Kier molecular flexibility index (Phi) is 1.34. The molecule has 1 aromatic rings. The lowest BCUT2D eigenvalue weighted by Gasteiger charge is -1.96. The molecule has 1 aromatic carbocycles. The lowest BCUT2D eigenvalue weighted by atomic mass is 10.1. The normalized spacial score (nSPS) is 19.6. The van der Waals surface area contributed by atoms with Crippen LogP contribution in [0.15, 0.2) is 24.3 Å². The summed E-state index contributed by atoms with van der Waals surface area (Å²) in [5.41, 5.74) is 1.18. The number of carbonyl (C=O) groups is 1. The third-order valence-corrected chi connectivity index (χ3v) is 1.81. The van der Waals surface area contributed by atoms with E-state index in [0.717, 1.165) is 0 Å². The quantitative estimate of drug-likeness (QED) is 0.538. The van der Waals surface area contributed by atoms with E-state index in [0.29, 0.717) is 11.1 Å². The average molecular weight is 159 g/mol. The van der Waals surface area contributed by atoms with E-state index in [1.807, 2.05) is 6.07 Å². The van der Waals surface area contributed by atoms with Gasteiger partial charge >= 0.3 is 5.97 Å². The summed E-state index contributed by atoms with van der Waals surface area (Å²) in [4.78, 5) is 11.1. The van der Waals surface area contributed by atoms with E-state index in [1.54, 1.807) is 24.3 Å². The molecule has 2 rings (SSSR count). The van der Waals surface area contributed by atoms with E-state index in [4.69, 9.17) is 10.00 Å². The highest BCUT2D eigenvalue weighted by molar-refractivity contribution is 5.94. The average Bonchev–Trinajstić information content (AvgIpc) is 2.44. The van der Waals surface area contributed by atoms with Gasteiger partial charge in [0.15, 0.2) is 0 Å². The Morgan fingerprint density at radius 1 is 1.42 bits per heavy atom. The highest BCUT2D eigenvalue weighted by Gasteiger charge is 2.29. The Morgan fingerprint density at radius 2 is 2.17 bits per heavy atom. The van der Waals surface area contributed by atoms with Gasteiger partial charge in [0.1, 0.15) is 6.07 Å². The Morgan fingerprint density at radius 3 is 2.92 bits per heavy atom. The highest BCUT2D eigenvalue weighted by Crippen LogP contribution is 2.29. The number of benzene rings is 1. The molecule has 0 N–H and O–H groups in total. The van der Waals surface area contributed by atoms with Crippen LogP contribution in [-0.2, 0) is 4.74 Å². The van der Waals surface area contributed by atoms with Crippen molar-refractivity contribution in [1.82, 2.24) is 0 Å². The van der Waals surface area contributed by atoms with Gasteiger partial charge in [-0.15, -0.1) is 0 Å². The molecule has 0 bridgehead atoms. The van der Waals surface area contributed by atoms with Crippen molar-refractivity contribution in [2.75, 3.05) is 0 Å². The molecule has 58 valence electrons. The van der Waals surface area contributed by atoms with Crippen LogP contribution in [0.4, 0.5) is 0 Å². The first kappa shape index (κ1) is 6.86. The van der Waals surface area contributed by atoms with E-state index < -0.39 is 12.1 Å². The minimum Gasteiger partial charge on any atom is -0.438 e. The monoisotopic (exact) mass is 159 g/mol. The number of carbonyl (C=O) groups excluding carboxylic acids is 1. The van der Waals surface area contributed by atoms with Crippen molar-refractivity contribution in [1.29, 1.82) is 5.26 Å². The standard InChI is InChI=1S/C9H5NO2/c10-5-8-6-3-1-2-4-7(6)9(11)12-8/h1-4,8H. The summed E-state index contributed by atoms with van der Waals surface area (Å²) < 4.78 is 4.78. The highest BCUT2D eigenvalue weighted by atomic mass is 16.5. The van der Waals surface area contributed by atoms with Crippen LogP contribution in [0.1, 0.15) is 22.0 Å². The van der Waals surface area contributed by atoms with Crippen molar-refractivity contribution in [2.24, 2.45) is 0 Å². The smallest absolute Gasteiger partial charge is 0.340 e. The van der Waals surface area contributed by atoms with Crippen molar-refractivity contribution in [3.05, 3.63) is 35.4 Å². The van der Waals surface area contributed by atoms with Crippen LogP contribution in [0, 0.1) is 11.3 Å². The third kappa shape index (κ3) is 0.785. The summed E-state index contributed by atoms with van der Waals surface area (Å²) in [6.07, 6.45) is -0.714. The summed E-state index contributed by atoms with van der Waals surface area (Å²) in [5.74, 6) is -0.405. The number of fused-ring (bicyclic) bond motifs is 1. The van der Waals surface area contributed by atoms with E-state index in [-0.39, 0.29) is 0 Å². The van der Waals surface area contributed by atoms with Crippen LogP contribution in [0.2, 0.25) is 0 Å². The Hall–Kier alpha value is -1.82. The molecule has 0 amide bonds. The first-order chi connectivity index (χ1) is 5.83. The van der Waals surface area contributed by atoms with Gasteiger partial charge in [-0.2, -0.15) is 5.26 Å². The van der Waals surface area contributed by atoms with Crippen molar-refractivity contribution < 1.29 is 9.53 Å². The zero-order chi connectivity index (χ0) is 8.55. The lowest BCUT2D eigenvalue weighted by Crippen LogP contribution is -1.95. The fourth-order valence-electron chi connectivity index (χ4n) is 1.24. The first-order valence-corrected chi connectivity index (χ1v) is 3.52. The van der Waals surface area contributed by atoms with Gasteiger partial charge in [0, 0.05) is 5.56 Å². The molecule has 1 unspecified atom stereocenters. The Bertz CT molecular complexity index is 378. The maximum atomic E-state index is 11.1. The SMILES string of the molecule is N#CC1OC(=O)c2ccccc21. The van der Waals surface area contributed by atoms with E-state index >= 15 is 0 Å². The largest absolute Gasteiger partial charge is 0.438 e. The predicted octanol–water partition coefficient (Wildman–Crippen LogP) is 1.42. The molecule has 1 atom stereocenters. The van der Waals surface area contributed by atoms with Crippen LogP contribution in [-0.4, -0.2) is 5.97 Å². The fraction of sp³-hybridized carbons (Fsp3) is 0.111. The van der Waals surface area contributed by atoms with Gasteiger partial charge in [0.05, 0.1) is 5.56 Å². The lowest BCUT2D eigenvalue weighted by molar-refractivity contribution is 0.0478. The van der Waals surface area contributed by atoms with E-state index in [1.165, 1.54) is 0 Å². The minimum absolute atomic E-state index is 0.405. The van der Waals surface area contributed by atoms with Crippen molar-refractivity contribution >= 4 is 5.97 Å². The van der Waals surface area contributed by atoms with Crippen LogP contribution < -0.4 is 0 Å². The summed E-state index contributed by atoms with van der Waals surface area (Å²) >= 11 is 0. The van der Waals surface area contributed by atoms with Gasteiger partial charge < -0.3 is 4.74 Å². The van der Waals surface area contributed by atoms with Gasteiger partial charge in [-0.25, -0.2) is 4.79 Å². The molecule has 0 saturated carbocycles. The number of cyclic esters (lactones) is 1. The minimum atomic E-state index is -0.714. The molecule has 3 nitrogen and oxygen atoms in total. The molecule has 12 heavy (non-hydrogen) atoms. The van der Waals surface area contributed by atoms with Crippen molar-refractivity contribution in [3.63, 3.8) is 0 Å². The molecule has 1 heterocycles. The number of ether oxygens (including phenoxy) is 1. The second kappa shape index (κ2) is 2.35. The van der Waals surface area contributed by atoms with Crippen LogP contribution in [0.3, 0.4) is 0 Å². The zero-order valence-electron chi connectivity index (χ0n) is 6.15. The predicted molar refractivity (Wildman–Crippen MR) is 40.2 cm³/mol. The molecular formula is C9H5NO2. The first-order valence-electron chi connectivity index (χ1n) is 3.52. The van der Waals surface area contributed by atoms with Gasteiger partial charge in [-0.05, 0) is 6.07 Å².